The highest BCUT2D eigenvalue weighted by atomic mass is 16.4. The summed E-state index contributed by atoms with van der Waals surface area (Å²) in [5.74, 6) is 2.30. The highest BCUT2D eigenvalue weighted by Gasteiger charge is 2.25. The van der Waals surface area contributed by atoms with Crippen LogP contribution in [0, 0.1) is 5.92 Å². The molecule has 0 saturated heterocycles. The molecule has 5 rings (SSSR count). The molecule has 142 valence electrons. The van der Waals surface area contributed by atoms with Gasteiger partial charge in [0.15, 0.2) is 11.7 Å². The summed E-state index contributed by atoms with van der Waals surface area (Å²) in [6, 6.07) is 9.92. The smallest absolute Gasteiger partial charge is 0.254 e. The van der Waals surface area contributed by atoms with Gasteiger partial charge in [0.05, 0.1) is 11.9 Å². The van der Waals surface area contributed by atoms with Crippen molar-refractivity contribution in [3.05, 3.63) is 59.7 Å². The van der Waals surface area contributed by atoms with E-state index in [1.165, 1.54) is 25.7 Å². The summed E-state index contributed by atoms with van der Waals surface area (Å²) >= 11 is 0. The van der Waals surface area contributed by atoms with E-state index in [0.29, 0.717) is 12.5 Å². The molecule has 1 aliphatic heterocycles. The van der Waals surface area contributed by atoms with Crippen molar-refractivity contribution >= 4 is 5.91 Å². The zero-order valence-corrected chi connectivity index (χ0v) is 16.0. The van der Waals surface area contributed by atoms with Crippen molar-refractivity contribution in [3.8, 4) is 22.6 Å². The fourth-order valence-electron chi connectivity index (χ4n) is 4.42. The first-order chi connectivity index (χ1) is 13.7. The predicted octanol–water partition coefficient (Wildman–Crippen LogP) is 4.72. The van der Waals surface area contributed by atoms with E-state index in [-0.39, 0.29) is 5.91 Å². The molecule has 0 bridgehead atoms. The second-order valence-electron chi connectivity index (χ2n) is 7.91. The molecule has 1 aromatic carbocycles. The highest BCUT2D eigenvalue weighted by Crippen LogP contribution is 2.34. The van der Waals surface area contributed by atoms with Crippen molar-refractivity contribution in [2.45, 2.75) is 38.6 Å². The van der Waals surface area contributed by atoms with Gasteiger partial charge in [0.2, 0.25) is 0 Å². The predicted molar refractivity (Wildman–Crippen MR) is 107 cm³/mol. The highest BCUT2D eigenvalue weighted by molar-refractivity contribution is 5.99. The molecule has 1 saturated carbocycles. The van der Waals surface area contributed by atoms with Crippen molar-refractivity contribution in [3.63, 3.8) is 0 Å². The number of carbonyl (C=O) groups excluding carboxylic acids is 1. The number of aromatic nitrogens is 2. The number of fused-ring (bicyclic) bond motifs is 1. The summed E-state index contributed by atoms with van der Waals surface area (Å²) in [5, 5.41) is 0. The molecule has 0 N–H and O–H groups in total. The molecule has 1 fully saturated rings. The number of nitrogens with zero attached hydrogens (tertiary/aromatic N) is 3. The molecule has 0 spiro atoms. The molecule has 3 aromatic rings. The standard InChI is InChI=1S/C23H23N3O2/c1-26-14-17-9-8-16(12-19(17)23(26)27)22-18(7-4-10-24-22)20-13-25-21(28-20)11-15-5-2-3-6-15/h4,7-10,12-13,15H,2-3,5-6,11,14H2,1H3. The average molecular weight is 373 g/mol. The van der Waals surface area contributed by atoms with Gasteiger partial charge in [-0.3, -0.25) is 9.78 Å². The number of hydrogen-bond acceptors (Lipinski definition) is 4. The summed E-state index contributed by atoms with van der Waals surface area (Å²) in [5.41, 5.74) is 4.47. The minimum atomic E-state index is 0.0628. The first kappa shape index (κ1) is 17.2. The number of amides is 1. The third-order valence-corrected chi connectivity index (χ3v) is 5.93. The Morgan fingerprint density at radius 2 is 2.00 bits per heavy atom. The Morgan fingerprint density at radius 3 is 2.86 bits per heavy atom. The molecule has 2 aromatic heterocycles. The number of hydrogen-bond donors (Lipinski definition) is 0. The van der Waals surface area contributed by atoms with Crippen molar-refractivity contribution < 1.29 is 9.21 Å². The Kier molecular flexibility index (Phi) is 4.23. The summed E-state index contributed by atoms with van der Waals surface area (Å²) in [6.45, 7) is 0.663. The van der Waals surface area contributed by atoms with Gasteiger partial charge in [-0.25, -0.2) is 4.98 Å². The van der Waals surface area contributed by atoms with Gasteiger partial charge >= 0.3 is 0 Å². The summed E-state index contributed by atoms with van der Waals surface area (Å²) < 4.78 is 6.10. The maximum absolute atomic E-state index is 12.4. The lowest BCUT2D eigenvalue weighted by Gasteiger charge is -2.08. The molecule has 0 atom stereocenters. The molecular formula is C23H23N3O2. The van der Waals surface area contributed by atoms with E-state index in [1.54, 1.807) is 17.3 Å². The SMILES string of the molecule is CN1Cc2ccc(-c3ncccc3-c3cnc(CC4CCCC4)o3)cc2C1=O. The molecular weight excluding hydrogens is 350 g/mol. The summed E-state index contributed by atoms with van der Waals surface area (Å²) in [6.07, 6.45) is 9.66. The van der Waals surface area contributed by atoms with E-state index in [1.807, 2.05) is 37.4 Å². The Labute approximate surface area is 164 Å². The minimum absolute atomic E-state index is 0.0628. The van der Waals surface area contributed by atoms with Gasteiger partial charge in [0.1, 0.15) is 0 Å². The van der Waals surface area contributed by atoms with Gasteiger partial charge in [-0.2, -0.15) is 0 Å². The number of benzene rings is 1. The molecule has 5 heteroatoms. The maximum atomic E-state index is 12.4. The Hall–Kier alpha value is -2.95. The second-order valence-corrected chi connectivity index (χ2v) is 7.91. The fourth-order valence-corrected chi connectivity index (χ4v) is 4.42. The van der Waals surface area contributed by atoms with Crippen LogP contribution < -0.4 is 0 Å². The number of carbonyl (C=O) groups is 1. The fraction of sp³-hybridized carbons (Fsp3) is 0.348. The van der Waals surface area contributed by atoms with E-state index in [2.05, 4.69) is 9.97 Å². The third kappa shape index (κ3) is 3.01. The van der Waals surface area contributed by atoms with Crippen LogP contribution in [0.15, 0.2) is 47.1 Å². The normalized spacial score (nSPS) is 16.8. The van der Waals surface area contributed by atoms with Crippen LogP contribution in [0.5, 0.6) is 0 Å². The molecule has 1 amide bonds. The first-order valence-electron chi connectivity index (χ1n) is 9.98. The molecule has 5 nitrogen and oxygen atoms in total. The maximum Gasteiger partial charge on any atom is 0.254 e. The van der Waals surface area contributed by atoms with Crippen molar-refractivity contribution in [2.24, 2.45) is 5.92 Å². The summed E-state index contributed by atoms with van der Waals surface area (Å²) in [7, 11) is 1.83. The summed E-state index contributed by atoms with van der Waals surface area (Å²) in [4.78, 5) is 23.2. The zero-order valence-electron chi connectivity index (χ0n) is 16.0. The van der Waals surface area contributed by atoms with Crippen LogP contribution in [-0.4, -0.2) is 27.8 Å². The van der Waals surface area contributed by atoms with Crippen LogP contribution in [0.3, 0.4) is 0 Å². The molecule has 3 heterocycles. The molecule has 0 radical (unpaired) electrons. The van der Waals surface area contributed by atoms with Crippen molar-refractivity contribution in [1.29, 1.82) is 0 Å². The van der Waals surface area contributed by atoms with Crippen molar-refractivity contribution in [2.75, 3.05) is 7.05 Å². The van der Waals surface area contributed by atoms with E-state index < -0.39 is 0 Å². The molecule has 1 aliphatic carbocycles. The van der Waals surface area contributed by atoms with E-state index in [0.717, 1.165) is 46.0 Å². The third-order valence-electron chi connectivity index (χ3n) is 5.93. The van der Waals surface area contributed by atoms with Crippen LogP contribution in [0.4, 0.5) is 0 Å². The Bertz CT molecular complexity index is 1030. The van der Waals surface area contributed by atoms with Gasteiger partial charge in [-0.05, 0) is 42.5 Å². The zero-order chi connectivity index (χ0) is 19.1. The average Bonchev–Trinajstić information content (AvgIpc) is 3.45. The number of pyridine rings is 1. The lowest BCUT2D eigenvalue weighted by molar-refractivity contribution is 0.0816. The van der Waals surface area contributed by atoms with Crippen LogP contribution in [0.25, 0.3) is 22.6 Å². The van der Waals surface area contributed by atoms with Crippen LogP contribution in [-0.2, 0) is 13.0 Å². The Balaban J connectivity index is 1.49. The van der Waals surface area contributed by atoms with Crippen LogP contribution >= 0.6 is 0 Å². The van der Waals surface area contributed by atoms with Gasteiger partial charge < -0.3 is 9.32 Å². The number of rotatable bonds is 4. The molecule has 0 unspecified atom stereocenters. The van der Waals surface area contributed by atoms with Crippen LogP contribution in [0.1, 0.15) is 47.5 Å². The van der Waals surface area contributed by atoms with Gasteiger partial charge in [0.25, 0.3) is 5.91 Å². The van der Waals surface area contributed by atoms with Gasteiger partial charge in [0, 0.05) is 42.9 Å². The lowest BCUT2D eigenvalue weighted by atomic mass is 10.00. The van der Waals surface area contributed by atoms with E-state index in [9.17, 15) is 4.79 Å². The topological polar surface area (TPSA) is 59.2 Å². The minimum Gasteiger partial charge on any atom is -0.441 e. The molecule has 28 heavy (non-hydrogen) atoms. The number of oxazole rings is 1. The molecule has 2 aliphatic rings. The Morgan fingerprint density at radius 1 is 1.14 bits per heavy atom. The van der Waals surface area contributed by atoms with Crippen molar-refractivity contribution in [1.82, 2.24) is 14.9 Å². The quantitative estimate of drug-likeness (QED) is 0.664. The van der Waals surface area contributed by atoms with E-state index >= 15 is 0 Å². The monoisotopic (exact) mass is 373 g/mol. The second kappa shape index (κ2) is 6.89. The first-order valence-corrected chi connectivity index (χ1v) is 9.98. The van der Waals surface area contributed by atoms with Gasteiger partial charge in [-0.1, -0.05) is 25.0 Å². The largest absolute Gasteiger partial charge is 0.441 e. The lowest BCUT2D eigenvalue weighted by Crippen LogP contribution is -2.17. The van der Waals surface area contributed by atoms with Gasteiger partial charge in [-0.15, -0.1) is 0 Å². The van der Waals surface area contributed by atoms with Crippen LogP contribution in [0.2, 0.25) is 0 Å². The van der Waals surface area contributed by atoms with E-state index in [4.69, 9.17) is 4.42 Å².